The Hall–Kier alpha value is -2.36. The molecule has 0 radical (unpaired) electrons. The van der Waals surface area contributed by atoms with Gasteiger partial charge in [0, 0.05) is 0 Å². The predicted octanol–water partition coefficient (Wildman–Crippen LogP) is 2.44. The highest BCUT2D eigenvalue weighted by Gasteiger charge is 2.13. The zero-order chi connectivity index (χ0) is 12.6. The predicted molar refractivity (Wildman–Crippen MR) is 60.8 cm³/mol. The Morgan fingerprint density at radius 3 is 1.44 bits per heavy atom. The van der Waals surface area contributed by atoms with Crippen molar-refractivity contribution in [1.29, 1.82) is 0 Å². The molecule has 0 amide bonds. The first kappa shape index (κ1) is 13.6. The maximum Gasteiger partial charge on any atom is 0.336 e. The Balaban J connectivity index is 0.000000487. The summed E-state index contributed by atoms with van der Waals surface area (Å²) in [6.07, 6.45) is 3.28. The molecule has 4 heteroatoms. The molecule has 1 aromatic rings. The summed E-state index contributed by atoms with van der Waals surface area (Å²) in [5.41, 5.74) is -0.380. The van der Waals surface area contributed by atoms with Gasteiger partial charge in [0.05, 0.1) is 11.1 Å². The highest BCUT2D eigenvalue weighted by Crippen LogP contribution is 2.07. The molecule has 1 aromatic carbocycles. The van der Waals surface area contributed by atoms with Crippen molar-refractivity contribution in [1.82, 2.24) is 0 Å². The molecule has 0 bridgehead atoms. The van der Waals surface area contributed by atoms with E-state index in [1.165, 1.54) is 24.3 Å². The van der Waals surface area contributed by atoms with E-state index in [4.69, 9.17) is 10.2 Å². The smallest absolute Gasteiger partial charge is 0.336 e. The van der Waals surface area contributed by atoms with Gasteiger partial charge in [-0.1, -0.05) is 37.4 Å². The lowest BCUT2D eigenvalue weighted by Gasteiger charge is -1.98. The number of carboxylic acid groups (broad SMARTS) is 2. The van der Waals surface area contributed by atoms with Crippen LogP contribution >= 0.6 is 0 Å². The molecule has 84 valence electrons. The molecule has 0 heterocycles. The van der Waals surface area contributed by atoms with E-state index >= 15 is 0 Å². The lowest BCUT2D eigenvalue weighted by molar-refractivity contribution is 0.0651. The first-order valence-corrected chi connectivity index (χ1v) is 4.33. The van der Waals surface area contributed by atoms with Crippen molar-refractivity contribution in [3.63, 3.8) is 0 Å². The number of carboxylic acids is 2. The van der Waals surface area contributed by atoms with Crippen LogP contribution in [-0.2, 0) is 0 Å². The summed E-state index contributed by atoms with van der Waals surface area (Å²) in [5, 5.41) is 17.1. The third-order valence-electron chi connectivity index (χ3n) is 1.55. The van der Waals surface area contributed by atoms with Gasteiger partial charge in [0.1, 0.15) is 0 Å². The van der Waals surface area contributed by atoms with Crippen LogP contribution in [0, 0.1) is 0 Å². The molecule has 0 saturated carbocycles. The van der Waals surface area contributed by atoms with Gasteiger partial charge < -0.3 is 10.2 Å². The maximum absolute atomic E-state index is 10.5. The minimum Gasteiger partial charge on any atom is -0.478 e. The van der Waals surface area contributed by atoms with Gasteiger partial charge in [0.15, 0.2) is 0 Å². The first-order valence-electron chi connectivity index (χ1n) is 4.33. The molecule has 0 unspecified atom stereocenters. The lowest BCUT2D eigenvalue weighted by atomic mass is 10.1. The van der Waals surface area contributed by atoms with E-state index in [0.29, 0.717) is 0 Å². The zero-order valence-corrected chi connectivity index (χ0v) is 8.59. The van der Waals surface area contributed by atoms with Gasteiger partial charge in [-0.25, -0.2) is 9.59 Å². The second-order valence-corrected chi connectivity index (χ2v) is 2.63. The molecular weight excluding hydrogens is 208 g/mol. The van der Waals surface area contributed by atoms with Crippen LogP contribution in [0.1, 0.15) is 20.7 Å². The molecule has 0 aliphatic heterocycles. The average Bonchev–Trinajstić information content (AvgIpc) is 2.29. The topological polar surface area (TPSA) is 74.6 Å². The van der Waals surface area contributed by atoms with Crippen LogP contribution in [0.3, 0.4) is 0 Å². The molecule has 0 atom stereocenters. The van der Waals surface area contributed by atoms with Gasteiger partial charge in [-0.2, -0.15) is 0 Å². The van der Waals surface area contributed by atoms with Gasteiger partial charge in [-0.05, 0) is 12.1 Å². The fraction of sp³-hybridized carbons (Fsp3) is 0. The van der Waals surface area contributed by atoms with Crippen molar-refractivity contribution < 1.29 is 19.8 Å². The van der Waals surface area contributed by atoms with Crippen LogP contribution < -0.4 is 0 Å². The summed E-state index contributed by atoms with van der Waals surface area (Å²) in [6, 6.07) is 5.48. The highest BCUT2D eigenvalue weighted by molar-refractivity contribution is 6.01. The molecule has 4 nitrogen and oxygen atoms in total. The van der Waals surface area contributed by atoms with Crippen LogP contribution in [0.4, 0.5) is 0 Å². The van der Waals surface area contributed by atoms with Crippen molar-refractivity contribution in [3.8, 4) is 0 Å². The van der Waals surface area contributed by atoms with Gasteiger partial charge >= 0.3 is 11.9 Å². The number of rotatable bonds is 3. The number of aromatic carboxylic acids is 2. The van der Waals surface area contributed by atoms with Gasteiger partial charge in [-0.15, -0.1) is 0 Å². The van der Waals surface area contributed by atoms with Crippen LogP contribution in [0.25, 0.3) is 0 Å². The molecule has 0 aliphatic rings. The Bertz CT molecular complexity index is 368. The number of benzene rings is 1. The minimum atomic E-state index is -1.23. The standard InChI is InChI=1S/C8H6O4.C4H6/c9-7(10)5-3-1-2-4-6(5)8(11)12;1-3-4-2/h1-4H,(H,9,10)(H,11,12);3-4H,1-2H2. The fourth-order valence-electron chi connectivity index (χ4n) is 0.856. The fourth-order valence-corrected chi connectivity index (χ4v) is 0.856. The third-order valence-corrected chi connectivity index (χ3v) is 1.55. The maximum atomic E-state index is 10.5. The Kier molecular flexibility index (Phi) is 5.97. The van der Waals surface area contributed by atoms with Gasteiger partial charge in [0.25, 0.3) is 0 Å². The summed E-state index contributed by atoms with van der Waals surface area (Å²) in [4.78, 5) is 20.9. The SMILES string of the molecule is C=CC=C.O=C(O)c1ccccc1C(=O)O. The largest absolute Gasteiger partial charge is 0.478 e. The molecule has 1 rings (SSSR count). The molecule has 0 fully saturated rings. The van der Waals surface area contributed by atoms with E-state index < -0.39 is 11.9 Å². The quantitative estimate of drug-likeness (QED) is 0.767. The number of hydrogen-bond donors (Lipinski definition) is 2. The molecular formula is C12H12O4. The summed E-state index contributed by atoms with van der Waals surface area (Å²) in [5.74, 6) is -2.46. The van der Waals surface area contributed by atoms with Crippen molar-refractivity contribution in [3.05, 3.63) is 60.7 Å². The Morgan fingerprint density at radius 2 is 1.25 bits per heavy atom. The van der Waals surface area contributed by atoms with Crippen molar-refractivity contribution in [2.45, 2.75) is 0 Å². The van der Waals surface area contributed by atoms with Crippen LogP contribution in [0.2, 0.25) is 0 Å². The monoisotopic (exact) mass is 220 g/mol. The molecule has 16 heavy (non-hydrogen) atoms. The summed E-state index contributed by atoms with van der Waals surface area (Å²) >= 11 is 0. The van der Waals surface area contributed by atoms with Crippen molar-refractivity contribution in [2.75, 3.05) is 0 Å². The molecule has 0 spiro atoms. The normalized spacial score (nSPS) is 8.25. The summed E-state index contributed by atoms with van der Waals surface area (Å²) in [6.45, 7) is 6.72. The van der Waals surface area contributed by atoms with E-state index in [1.54, 1.807) is 12.2 Å². The van der Waals surface area contributed by atoms with Crippen molar-refractivity contribution >= 4 is 11.9 Å². The molecule has 0 saturated heterocycles. The zero-order valence-electron chi connectivity index (χ0n) is 8.59. The molecule has 2 N–H and O–H groups in total. The van der Waals surface area contributed by atoms with E-state index in [-0.39, 0.29) is 11.1 Å². The van der Waals surface area contributed by atoms with Gasteiger partial charge in [0.2, 0.25) is 0 Å². The number of allylic oxidation sites excluding steroid dienone is 2. The summed E-state index contributed by atoms with van der Waals surface area (Å²) in [7, 11) is 0. The summed E-state index contributed by atoms with van der Waals surface area (Å²) < 4.78 is 0. The number of hydrogen-bond acceptors (Lipinski definition) is 2. The Labute approximate surface area is 93.2 Å². The third kappa shape index (κ3) is 4.23. The molecule has 0 aliphatic carbocycles. The first-order chi connectivity index (χ1) is 7.54. The van der Waals surface area contributed by atoms with Crippen LogP contribution in [0.5, 0.6) is 0 Å². The van der Waals surface area contributed by atoms with Crippen LogP contribution in [0.15, 0.2) is 49.6 Å². The van der Waals surface area contributed by atoms with E-state index in [1.807, 2.05) is 0 Å². The minimum absolute atomic E-state index is 0.190. The van der Waals surface area contributed by atoms with E-state index in [2.05, 4.69) is 13.2 Å². The van der Waals surface area contributed by atoms with Gasteiger partial charge in [-0.3, -0.25) is 0 Å². The average molecular weight is 220 g/mol. The second-order valence-electron chi connectivity index (χ2n) is 2.63. The highest BCUT2D eigenvalue weighted by atomic mass is 16.4. The number of carbonyl (C=O) groups is 2. The molecule has 0 aromatic heterocycles. The van der Waals surface area contributed by atoms with E-state index in [9.17, 15) is 9.59 Å². The lowest BCUT2D eigenvalue weighted by Crippen LogP contribution is -2.06. The van der Waals surface area contributed by atoms with E-state index in [0.717, 1.165) is 0 Å². The Morgan fingerprint density at radius 1 is 0.938 bits per heavy atom. The van der Waals surface area contributed by atoms with Crippen molar-refractivity contribution in [2.24, 2.45) is 0 Å². The second kappa shape index (κ2) is 7.00. The van der Waals surface area contributed by atoms with Crippen LogP contribution in [-0.4, -0.2) is 22.2 Å².